The predicted molar refractivity (Wildman–Crippen MR) is 86.5 cm³/mol. The second-order valence-electron chi connectivity index (χ2n) is 5.78. The van der Waals surface area contributed by atoms with Gasteiger partial charge in [-0.3, -0.25) is 10.3 Å². The molecule has 1 heterocycles. The van der Waals surface area contributed by atoms with Crippen LogP contribution in [0.25, 0.3) is 0 Å². The van der Waals surface area contributed by atoms with Crippen LogP contribution in [0.15, 0.2) is 42.5 Å². The first-order chi connectivity index (χ1) is 10.1. The van der Waals surface area contributed by atoms with Crippen LogP contribution in [0.2, 0.25) is 0 Å². The van der Waals surface area contributed by atoms with Crippen LogP contribution in [0, 0.1) is 12.3 Å². The smallest absolute Gasteiger partial charge is 0.122 e. The highest BCUT2D eigenvalue weighted by atomic mass is 15.1. The Balaban J connectivity index is 1.75. The number of amidine groups is 1. The van der Waals surface area contributed by atoms with Crippen molar-refractivity contribution in [1.29, 1.82) is 5.41 Å². The molecule has 3 heteroatoms. The summed E-state index contributed by atoms with van der Waals surface area (Å²) in [6, 6.07) is 14.8. The summed E-state index contributed by atoms with van der Waals surface area (Å²) < 4.78 is 0. The van der Waals surface area contributed by atoms with Crippen molar-refractivity contribution < 1.29 is 0 Å². The molecule has 3 nitrogen and oxygen atoms in total. The number of fused-ring (bicyclic) bond motifs is 1. The van der Waals surface area contributed by atoms with Gasteiger partial charge >= 0.3 is 0 Å². The molecular weight excluding hydrogens is 258 g/mol. The summed E-state index contributed by atoms with van der Waals surface area (Å²) in [6.45, 7) is 5.17. The van der Waals surface area contributed by atoms with Crippen LogP contribution < -0.4 is 5.73 Å². The fraction of sp³-hybridized carbons (Fsp3) is 0.278. The molecule has 1 aliphatic rings. The number of hydrogen-bond acceptors (Lipinski definition) is 2. The molecule has 0 amide bonds. The van der Waals surface area contributed by atoms with Crippen LogP contribution >= 0.6 is 0 Å². The first-order valence-electron chi connectivity index (χ1n) is 7.36. The van der Waals surface area contributed by atoms with Crippen molar-refractivity contribution >= 4 is 5.84 Å². The normalized spacial score (nSPS) is 14.7. The number of benzene rings is 2. The lowest BCUT2D eigenvalue weighted by Crippen LogP contribution is -2.30. The summed E-state index contributed by atoms with van der Waals surface area (Å²) in [6.07, 6.45) is 1.13. The Morgan fingerprint density at radius 3 is 2.67 bits per heavy atom. The molecule has 0 aromatic heterocycles. The minimum Gasteiger partial charge on any atom is -0.384 e. The fourth-order valence-electron chi connectivity index (χ4n) is 2.97. The van der Waals surface area contributed by atoms with Crippen LogP contribution in [0.3, 0.4) is 0 Å². The van der Waals surface area contributed by atoms with Gasteiger partial charge in [0.2, 0.25) is 0 Å². The summed E-state index contributed by atoms with van der Waals surface area (Å²) in [5, 5.41) is 7.50. The van der Waals surface area contributed by atoms with Gasteiger partial charge in [-0.15, -0.1) is 0 Å². The third-order valence-electron chi connectivity index (χ3n) is 4.26. The van der Waals surface area contributed by atoms with Crippen molar-refractivity contribution in [2.75, 3.05) is 6.54 Å². The molecule has 3 rings (SSSR count). The van der Waals surface area contributed by atoms with Crippen LogP contribution in [-0.2, 0) is 19.5 Å². The van der Waals surface area contributed by atoms with Crippen LogP contribution in [0.1, 0.15) is 27.8 Å². The van der Waals surface area contributed by atoms with Crippen molar-refractivity contribution in [1.82, 2.24) is 4.90 Å². The largest absolute Gasteiger partial charge is 0.384 e. The molecule has 0 fully saturated rings. The Kier molecular flexibility index (Phi) is 3.76. The molecule has 21 heavy (non-hydrogen) atoms. The van der Waals surface area contributed by atoms with E-state index < -0.39 is 0 Å². The Hall–Kier alpha value is -2.13. The molecule has 2 aromatic rings. The molecule has 3 N–H and O–H groups in total. The third kappa shape index (κ3) is 2.98. The maximum atomic E-state index is 7.50. The first-order valence-corrected chi connectivity index (χ1v) is 7.36. The molecule has 2 aromatic carbocycles. The number of rotatable bonds is 3. The van der Waals surface area contributed by atoms with Crippen molar-refractivity contribution in [3.8, 4) is 0 Å². The van der Waals surface area contributed by atoms with E-state index in [2.05, 4.69) is 42.2 Å². The minimum absolute atomic E-state index is 0.136. The molecule has 0 aliphatic carbocycles. The van der Waals surface area contributed by atoms with E-state index in [-0.39, 0.29) is 5.84 Å². The number of aryl methyl sites for hydroxylation is 1. The molecule has 0 spiro atoms. The maximum Gasteiger partial charge on any atom is 0.122 e. The second kappa shape index (κ2) is 5.70. The predicted octanol–water partition coefficient (Wildman–Crippen LogP) is 2.84. The monoisotopic (exact) mass is 279 g/mol. The highest BCUT2D eigenvalue weighted by Crippen LogP contribution is 2.21. The summed E-state index contributed by atoms with van der Waals surface area (Å²) in [5.74, 6) is 0.136. The van der Waals surface area contributed by atoms with E-state index >= 15 is 0 Å². The minimum atomic E-state index is 0.136. The van der Waals surface area contributed by atoms with Gasteiger partial charge in [0, 0.05) is 25.2 Å². The van der Waals surface area contributed by atoms with Gasteiger partial charge in [0.05, 0.1) is 0 Å². The van der Waals surface area contributed by atoms with Crippen LogP contribution in [-0.4, -0.2) is 17.3 Å². The molecule has 0 saturated heterocycles. The summed E-state index contributed by atoms with van der Waals surface area (Å²) >= 11 is 0. The van der Waals surface area contributed by atoms with Gasteiger partial charge < -0.3 is 5.73 Å². The molecule has 108 valence electrons. The van der Waals surface area contributed by atoms with E-state index in [1.54, 1.807) is 0 Å². The quantitative estimate of drug-likeness (QED) is 0.670. The Bertz CT molecular complexity index is 676. The van der Waals surface area contributed by atoms with Crippen molar-refractivity contribution in [2.45, 2.75) is 26.4 Å². The number of nitrogen functional groups attached to an aromatic ring is 1. The zero-order chi connectivity index (χ0) is 14.8. The maximum absolute atomic E-state index is 7.50. The lowest BCUT2D eigenvalue weighted by molar-refractivity contribution is 0.245. The van der Waals surface area contributed by atoms with Gasteiger partial charge in [-0.1, -0.05) is 36.4 Å². The fourth-order valence-corrected chi connectivity index (χ4v) is 2.97. The van der Waals surface area contributed by atoms with E-state index in [1.165, 1.54) is 22.3 Å². The molecule has 0 unspecified atom stereocenters. The average molecular weight is 279 g/mol. The zero-order valence-corrected chi connectivity index (χ0v) is 12.4. The van der Waals surface area contributed by atoms with E-state index in [0.717, 1.165) is 31.6 Å². The highest BCUT2D eigenvalue weighted by Gasteiger charge is 2.16. The van der Waals surface area contributed by atoms with Crippen molar-refractivity contribution in [3.63, 3.8) is 0 Å². The highest BCUT2D eigenvalue weighted by molar-refractivity contribution is 5.95. The summed E-state index contributed by atoms with van der Waals surface area (Å²) in [7, 11) is 0. The number of nitrogens with zero attached hydrogens (tertiary/aromatic N) is 1. The van der Waals surface area contributed by atoms with E-state index in [1.807, 2.05) is 12.1 Å². The average Bonchev–Trinajstić information content (AvgIpc) is 2.49. The zero-order valence-electron chi connectivity index (χ0n) is 12.4. The molecule has 1 aliphatic heterocycles. The van der Waals surface area contributed by atoms with E-state index in [9.17, 15) is 0 Å². The summed E-state index contributed by atoms with van der Waals surface area (Å²) in [4.78, 5) is 2.48. The molecular formula is C18H21N3. The number of nitrogens with one attached hydrogen (secondary N) is 1. The first kappa shape index (κ1) is 13.8. The van der Waals surface area contributed by atoms with Crippen LogP contribution in [0.4, 0.5) is 0 Å². The van der Waals surface area contributed by atoms with Crippen molar-refractivity contribution in [3.05, 3.63) is 70.3 Å². The van der Waals surface area contributed by atoms with Gasteiger partial charge in [0.25, 0.3) is 0 Å². The molecule has 0 radical (unpaired) electrons. The van der Waals surface area contributed by atoms with Gasteiger partial charge in [-0.2, -0.15) is 0 Å². The van der Waals surface area contributed by atoms with Gasteiger partial charge in [0.15, 0.2) is 0 Å². The molecule has 0 saturated carbocycles. The van der Waals surface area contributed by atoms with Gasteiger partial charge in [-0.25, -0.2) is 0 Å². The van der Waals surface area contributed by atoms with Crippen LogP contribution in [0.5, 0.6) is 0 Å². The van der Waals surface area contributed by atoms with Crippen molar-refractivity contribution in [2.24, 2.45) is 5.73 Å². The lowest BCUT2D eigenvalue weighted by atomic mass is 9.98. The number of nitrogens with two attached hydrogens (primary N) is 1. The van der Waals surface area contributed by atoms with Gasteiger partial charge in [0.1, 0.15) is 5.84 Å². The third-order valence-corrected chi connectivity index (χ3v) is 4.26. The SMILES string of the molecule is Cc1cc(C(=N)N)ccc1CN1CCc2ccccc2C1. The molecule has 0 bridgehead atoms. The van der Waals surface area contributed by atoms with Gasteiger partial charge in [-0.05, 0) is 41.7 Å². The Morgan fingerprint density at radius 2 is 1.95 bits per heavy atom. The lowest BCUT2D eigenvalue weighted by Gasteiger charge is -2.29. The summed E-state index contributed by atoms with van der Waals surface area (Å²) in [5.41, 5.74) is 11.8. The van der Waals surface area contributed by atoms with E-state index in [4.69, 9.17) is 11.1 Å². The van der Waals surface area contributed by atoms with E-state index in [0.29, 0.717) is 0 Å². The Labute approximate surface area is 125 Å². The number of hydrogen-bond donors (Lipinski definition) is 2. The second-order valence-corrected chi connectivity index (χ2v) is 5.78. The molecule has 0 atom stereocenters. The standard InChI is InChI=1S/C18H21N3/c1-13-10-15(18(19)20)6-7-16(13)11-21-9-8-14-4-2-3-5-17(14)12-21/h2-7,10H,8-9,11-12H2,1H3,(H3,19,20). The Morgan fingerprint density at radius 1 is 1.19 bits per heavy atom. The topological polar surface area (TPSA) is 53.1 Å².